The van der Waals surface area contributed by atoms with Crippen LogP contribution in [0.3, 0.4) is 0 Å². The highest BCUT2D eigenvalue weighted by Gasteiger charge is 2.10. The van der Waals surface area contributed by atoms with Gasteiger partial charge in [-0.05, 0) is 45.0 Å². The quantitative estimate of drug-likeness (QED) is 0.856. The molecule has 98 valence electrons. The highest BCUT2D eigenvalue weighted by Crippen LogP contribution is 2.16. The highest BCUT2D eigenvalue weighted by molar-refractivity contribution is 6.29. The molecule has 0 bridgehead atoms. The summed E-state index contributed by atoms with van der Waals surface area (Å²) in [5.74, 6) is -0.221. The number of halogens is 1. The van der Waals surface area contributed by atoms with Crippen molar-refractivity contribution in [3.63, 3.8) is 0 Å². The number of hydrogen-bond donors (Lipinski definition) is 1. The van der Waals surface area contributed by atoms with E-state index in [1.54, 1.807) is 19.1 Å². The van der Waals surface area contributed by atoms with Crippen molar-refractivity contribution in [1.82, 2.24) is 9.97 Å². The molecule has 0 aromatic carbocycles. The summed E-state index contributed by atoms with van der Waals surface area (Å²) in [6, 6.07) is 6.93. The number of nitrogens with one attached hydrogen (secondary N) is 1. The van der Waals surface area contributed by atoms with Crippen molar-refractivity contribution >= 4 is 23.2 Å². The van der Waals surface area contributed by atoms with Crippen LogP contribution in [-0.2, 0) is 0 Å². The summed E-state index contributed by atoms with van der Waals surface area (Å²) in [6.45, 7) is 5.55. The summed E-state index contributed by atoms with van der Waals surface area (Å²) in [5, 5.41) is 3.13. The Bertz CT molecular complexity index is 620. The Hall–Kier alpha value is -1.94. The fourth-order valence-corrected chi connectivity index (χ4v) is 2.02. The number of aromatic nitrogens is 2. The standard InChI is InChI=1S/C14H14ClN3O/c1-8-4-5-12(10(3)16-8)18-14(19)11-6-9(2)17-13(15)7-11/h4-7H,1-3H3,(H,18,19). The van der Waals surface area contributed by atoms with Crippen molar-refractivity contribution in [1.29, 1.82) is 0 Å². The largest absolute Gasteiger partial charge is 0.320 e. The highest BCUT2D eigenvalue weighted by atomic mass is 35.5. The van der Waals surface area contributed by atoms with Crippen molar-refractivity contribution in [3.05, 3.63) is 52.1 Å². The van der Waals surface area contributed by atoms with Crippen molar-refractivity contribution in [2.75, 3.05) is 5.32 Å². The van der Waals surface area contributed by atoms with Gasteiger partial charge in [0.15, 0.2) is 0 Å². The summed E-state index contributed by atoms with van der Waals surface area (Å²) >= 11 is 5.85. The molecule has 0 aliphatic carbocycles. The molecule has 0 unspecified atom stereocenters. The van der Waals surface area contributed by atoms with Gasteiger partial charge in [0, 0.05) is 17.0 Å². The molecule has 1 amide bonds. The number of pyridine rings is 2. The van der Waals surface area contributed by atoms with E-state index in [-0.39, 0.29) is 5.91 Å². The lowest BCUT2D eigenvalue weighted by molar-refractivity contribution is 0.102. The summed E-state index contributed by atoms with van der Waals surface area (Å²) in [6.07, 6.45) is 0. The van der Waals surface area contributed by atoms with Gasteiger partial charge in [-0.25, -0.2) is 4.98 Å². The lowest BCUT2D eigenvalue weighted by Crippen LogP contribution is -2.14. The molecule has 2 heterocycles. The Labute approximate surface area is 116 Å². The van der Waals surface area contributed by atoms with Gasteiger partial charge in [-0.1, -0.05) is 11.6 Å². The van der Waals surface area contributed by atoms with Gasteiger partial charge >= 0.3 is 0 Å². The number of aryl methyl sites for hydroxylation is 3. The number of anilines is 1. The fraction of sp³-hybridized carbons (Fsp3) is 0.214. The van der Waals surface area contributed by atoms with E-state index in [9.17, 15) is 4.79 Å². The first-order chi connectivity index (χ1) is 8.95. The Morgan fingerprint density at radius 1 is 1.11 bits per heavy atom. The van der Waals surface area contributed by atoms with Crippen LogP contribution in [0.25, 0.3) is 0 Å². The molecule has 0 saturated carbocycles. The molecule has 19 heavy (non-hydrogen) atoms. The van der Waals surface area contributed by atoms with Crippen LogP contribution in [0.4, 0.5) is 5.69 Å². The molecule has 0 spiro atoms. The lowest BCUT2D eigenvalue weighted by Gasteiger charge is -2.09. The van der Waals surface area contributed by atoms with Gasteiger partial charge in [0.1, 0.15) is 5.15 Å². The molecule has 2 rings (SSSR count). The van der Waals surface area contributed by atoms with Crippen LogP contribution in [0.15, 0.2) is 24.3 Å². The Balaban J connectivity index is 2.25. The first-order valence-corrected chi connectivity index (χ1v) is 6.23. The normalized spacial score (nSPS) is 10.3. The Kier molecular flexibility index (Phi) is 3.81. The molecule has 2 aromatic heterocycles. The molecule has 0 saturated heterocycles. The predicted molar refractivity (Wildman–Crippen MR) is 75.6 cm³/mol. The molecule has 5 heteroatoms. The van der Waals surface area contributed by atoms with Gasteiger partial charge in [-0.2, -0.15) is 0 Å². The molecule has 0 radical (unpaired) electrons. The molecule has 0 aliphatic rings. The van der Waals surface area contributed by atoms with E-state index in [1.807, 2.05) is 26.0 Å². The summed E-state index contributed by atoms with van der Waals surface area (Å²) in [4.78, 5) is 20.5. The summed E-state index contributed by atoms with van der Waals surface area (Å²) < 4.78 is 0. The Morgan fingerprint density at radius 2 is 1.84 bits per heavy atom. The number of nitrogens with zero attached hydrogens (tertiary/aromatic N) is 2. The summed E-state index contributed by atoms with van der Waals surface area (Å²) in [7, 11) is 0. The van der Waals surface area contributed by atoms with E-state index in [4.69, 9.17) is 11.6 Å². The smallest absolute Gasteiger partial charge is 0.255 e. The minimum atomic E-state index is -0.221. The molecule has 0 atom stereocenters. The van der Waals surface area contributed by atoms with Crippen LogP contribution in [-0.4, -0.2) is 15.9 Å². The van der Waals surface area contributed by atoms with Crippen molar-refractivity contribution in [3.8, 4) is 0 Å². The van der Waals surface area contributed by atoms with Gasteiger partial charge in [-0.15, -0.1) is 0 Å². The van der Waals surface area contributed by atoms with Gasteiger partial charge in [0.2, 0.25) is 0 Å². The number of carbonyl (C=O) groups excluding carboxylic acids is 1. The van der Waals surface area contributed by atoms with Crippen LogP contribution in [0.5, 0.6) is 0 Å². The van der Waals surface area contributed by atoms with E-state index >= 15 is 0 Å². The molecule has 2 aromatic rings. The maximum Gasteiger partial charge on any atom is 0.255 e. The van der Waals surface area contributed by atoms with Crippen molar-refractivity contribution in [2.24, 2.45) is 0 Å². The first-order valence-electron chi connectivity index (χ1n) is 5.85. The molecule has 0 aliphatic heterocycles. The van der Waals surface area contributed by atoms with Gasteiger partial charge in [0.25, 0.3) is 5.91 Å². The minimum absolute atomic E-state index is 0.221. The molecule has 4 nitrogen and oxygen atoms in total. The first kappa shape index (κ1) is 13.5. The summed E-state index contributed by atoms with van der Waals surface area (Å²) in [5.41, 5.74) is 3.58. The van der Waals surface area contributed by atoms with Crippen LogP contribution < -0.4 is 5.32 Å². The topological polar surface area (TPSA) is 54.9 Å². The number of amides is 1. The zero-order valence-electron chi connectivity index (χ0n) is 11.0. The van der Waals surface area contributed by atoms with Gasteiger partial charge in [-0.3, -0.25) is 9.78 Å². The minimum Gasteiger partial charge on any atom is -0.320 e. The van der Waals surface area contributed by atoms with Gasteiger partial charge < -0.3 is 5.32 Å². The van der Waals surface area contributed by atoms with E-state index in [1.165, 1.54) is 0 Å². The average Bonchev–Trinajstić information content (AvgIpc) is 2.31. The maximum absolute atomic E-state index is 12.1. The van der Waals surface area contributed by atoms with Crippen LogP contribution in [0, 0.1) is 20.8 Å². The van der Waals surface area contributed by atoms with Gasteiger partial charge in [0.05, 0.1) is 11.4 Å². The number of carbonyl (C=O) groups is 1. The fourth-order valence-electron chi connectivity index (χ4n) is 1.77. The lowest BCUT2D eigenvalue weighted by atomic mass is 10.2. The van der Waals surface area contributed by atoms with Crippen LogP contribution in [0.1, 0.15) is 27.4 Å². The van der Waals surface area contributed by atoms with E-state index in [0.717, 1.165) is 11.4 Å². The molecular formula is C14H14ClN3O. The predicted octanol–water partition coefficient (Wildman–Crippen LogP) is 3.31. The number of rotatable bonds is 2. The second kappa shape index (κ2) is 5.36. The molecule has 1 N–H and O–H groups in total. The average molecular weight is 276 g/mol. The van der Waals surface area contributed by atoms with E-state index in [2.05, 4.69) is 15.3 Å². The third kappa shape index (κ3) is 3.29. The number of hydrogen-bond acceptors (Lipinski definition) is 3. The second-order valence-electron chi connectivity index (χ2n) is 4.36. The second-order valence-corrected chi connectivity index (χ2v) is 4.75. The molecule has 0 fully saturated rings. The van der Waals surface area contributed by atoms with Crippen molar-refractivity contribution < 1.29 is 4.79 Å². The zero-order chi connectivity index (χ0) is 14.0. The monoisotopic (exact) mass is 275 g/mol. The Morgan fingerprint density at radius 3 is 2.47 bits per heavy atom. The third-order valence-corrected chi connectivity index (χ3v) is 2.85. The van der Waals surface area contributed by atoms with Crippen molar-refractivity contribution in [2.45, 2.75) is 20.8 Å². The molecular weight excluding hydrogens is 262 g/mol. The van der Waals surface area contributed by atoms with E-state index < -0.39 is 0 Å². The maximum atomic E-state index is 12.1. The van der Waals surface area contributed by atoms with Crippen LogP contribution >= 0.6 is 11.6 Å². The van der Waals surface area contributed by atoms with E-state index in [0.29, 0.717) is 22.1 Å². The SMILES string of the molecule is Cc1cc(C(=O)Nc2ccc(C)nc2C)cc(Cl)n1. The van der Waals surface area contributed by atoms with Crippen LogP contribution in [0.2, 0.25) is 5.15 Å². The zero-order valence-corrected chi connectivity index (χ0v) is 11.7. The third-order valence-electron chi connectivity index (χ3n) is 2.66.